The van der Waals surface area contributed by atoms with Gasteiger partial charge in [-0.3, -0.25) is 4.79 Å². The molecule has 0 bridgehead atoms. The van der Waals surface area contributed by atoms with Crippen LogP contribution in [0, 0.1) is 5.92 Å². The summed E-state index contributed by atoms with van der Waals surface area (Å²) >= 11 is 0. The van der Waals surface area contributed by atoms with Crippen molar-refractivity contribution in [2.45, 2.75) is 31.7 Å². The maximum absolute atomic E-state index is 11.9. The van der Waals surface area contributed by atoms with Crippen molar-refractivity contribution in [3.05, 3.63) is 0 Å². The minimum absolute atomic E-state index is 0. The molecular formula is C13H25ClN2O4. The molecule has 118 valence electrons. The molecule has 1 aliphatic heterocycles. The van der Waals surface area contributed by atoms with Crippen molar-refractivity contribution in [1.29, 1.82) is 0 Å². The van der Waals surface area contributed by atoms with E-state index in [9.17, 15) is 9.59 Å². The third kappa shape index (κ3) is 5.64. The first kappa shape index (κ1) is 19.1. The van der Waals surface area contributed by atoms with E-state index < -0.39 is 11.5 Å². The zero-order valence-electron chi connectivity index (χ0n) is 12.4. The summed E-state index contributed by atoms with van der Waals surface area (Å²) in [4.78, 5) is 23.6. The molecule has 1 heterocycles. The molecule has 0 aromatic rings. The van der Waals surface area contributed by atoms with Gasteiger partial charge in [-0.1, -0.05) is 0 Å². The van der Waals surface area contributed by atoms with Crippen molar-refractivity contribution < 1.29 is 19.1 Å². The van der Waals surface area contributed by atoms with Crippen molar-refractivity contribution in [3.8, 4) is 0 Å². The van der Waals surface area contributed by atoms with Crippen LogP contribution in [0.5, 0.6) is 0 Å². The van der Waals surface area contributed by atoms with Crippen LogP contribution in [0.4, 0.5) is 0 Å². The fourth-order valence-corrected chi connectivity index (χ4v) is 2.33. The Balaban J connectivity index is 0.00000361. The Kier molecular flexibility index (Phi) is 8.76. The molecule has 2 N–H and O–H groups in total. The smallest absolute Gasteiger partial charge is 0.333 e. The Morgan fingerprint density at radius 3 is 2.60 bits per heavy atom. The highest BCUT2D eigenvalue weighted by Crippen LogP contribution is 2.15. The lowest BCUT2D eigenvalue weighted by molar-refractivity contribution is -0.152. The number of rotatable bonds is 7. The second-order valence-electron chi connectivity index (χ2n) is 5.20. The van der Waals surface area contributed by atoms with Crippen LogP contribution in [0.2, 0.25) is 0 Å². The molecule has 1 rings (SSSR count). The van der Waals surface area contributed by atoms with Gasteiger partial charge in [0.1, 0.15) is 0 Å². The number of ether oxygens (including phenoxy) is 2. The zero-order valence-corrected chi connectivity index (χ0v) is 13.2. The number of hydrogen-bond acceptors (Lipinski definition) is 5. The highest BCUT2D eigenvalue weighted by Gasteiger charge is 2.36. The highest BCUT2D eigenvalue weighted by atomic mass is 35.5. The van der Waals surface area contributed by atoms with E-state index in [0.717, 1.165) is 25.9 Å². The summed E-state index contributed by atoms with van der Waals surface area (Å²) in [5, 5.41) is 5.98. The Hall–Kier alpha value is -0.850. The predicted molar refractivity (Wildman–Crippen MR) is 77.9 cm³/mol. The molecule has 2 unspecified atom stereocenters. The van der Waals surface area contributed by atoms with E-state index in [2.05, 4.69) is 10.6 Å². The molecule has 0 saturated carbocycles. The molecule has 0 spiro atoms. The number of hydrogen-bond donors (Lipinski definition) is 2. The molecule has 1 amide bonds. The van der Waals surface area contributed by atoms with E-state index in [-0.39, 0.29) is 24.9 Å². The Labute approximate surface area is 126 Å². The summed E-state index contributed by atoms with van der Waals surface area (Å²) in [5.41, 5.74) is -1.12. The first-order valence-corrected chi connectivity index (χ1v) is 6.61. The molecule has 1 fully saturated rings. The molecule has 0 aromatic heterocycles. The van der Waals surface area contributed by atoms with Crippen LogP contribution in [0.1, 0.15) is 26.2 Å². The van der Waals surface area contributed by atoms with E-state index in [1.165, 1.54) is 14.2 Å². The van der Waals surface area contributed by atoms with Crippen LogP contribution in [0.3, 0.4) is 0 Å². The number of methoxy groups -OCH3 is 2. The fourth-order valence-electron chi connectivity index (χ4n) is 2.33. The molecule has 1 aliphatic rings. The normalized spacial score (nSPS) is 20.6. The molecule has 20 heavy (non-hydrogen) atoms. The van der Waals surface area contributed by atoms with Crippen molar-refractivity contribution in [2.24, 2.45) is 5.92 Å². The van der Waals surface area contributed by atoms with E-state index >= 15 is 0 Å². The maximum atomic E-state index is 11.9. The number of carbonyl (C=O) groups excluding carboxylic acids is 2. The molecule has 0 radical (unpaired) electrons. The monoisotopic (exact) mass is 308 g/mol. The number of halogens is 1. The third-order valence-electron chi connectivity index (χ3n) is 3.43. The lowest BCUT2D eigenvalue weighted by atomic mass is 10.0. The molecule has 6 nitrogen and oxygen atoms in total. The van der Waals surface area contributed by atoms with E-state index in [4.69, 9.17) is 9.47 Å². The molecular weight excluding hydrogens is 284 g/mol. The minimum atomic E-state index is -1.12. The van der Waals surface area contributed by atoms with Crippen molar-refractivity contribution in [3.63, 3.8) is 0 Å². The summed E-state index contributed by atoms with van der Waals surface area (Å²) in [6, 6.07) is 0. The average Bonchev–Trinajstić information content (AvgIpc) is 2.88. The maximum Gasteiger partial charge on any atom is 0.333 e. The quantitative estimate of drug-likeness (QED) is 0.670. The Morgan fingerprint density at radius 1 is 1.40 bits per heavy atom. The summed E-state index contributed by atoms with van der Waals surface area (Å²) in [5.74, 6) is -0.0837. The standard InChI is InChI=1S/C13H24N2O4.ClH/c1-13(9-18-2,12(17)19-3)15-11(16)5-4-10-6-7-14-8-10;/h10,14H,4-9H2,1-3H3,(H,15,16);1H. The predicted octanol–water partition coefficient (Wildman–Crippen LogP) is 0.492. The van der Waals surface area contributed by atoms with E-state index in [1.807, 2.05) is 0 Å². The van der Waals surface area contributed by atoms with E-state index in [0.29, 0.717) is 12.3 Å². The fraction of sp³-hybridized carbons (Fsp3) is 0.846. The van der Waals surface area contributed by atoms with Crippen LogP contribution < -0.4 is 10.6 Å². The van der Waals surface area contributed by atoms with Gasteiger partial charge in [0, 0.05) is 13.5 Å². The Bertz CT molecular complexity index is 321. The second-order valence-corrected chi connectivity index (χ2v) is 5.20. The molecule has 0 aliphatic carbocycles. The lowest BCUT2D eigenvalue weighted by Crippen LogP contribution is -2.55. The van der Waals surface area contributed by atoms with Gasteiger partial charge < -0.3 is 20.1 Å². The van der Waals surface area contributed by atoms with Gasteiger partial charge in [-0.2, -0.15) is 0 Å². The average molecular weight is 309 g/mol. The number of esters is 1. The first-order chi connectivity index (χ1) is 9.01. The van der Waals surface area contributed by atoms with Gasteiger partial charge in [0.2, 0.25) is 5.91 Å². The van der Waals surface area contributed by atoms with Crippen LogP contribution in [0.15, 0.2) is 0 Å². The van der Waals surface area contributed by atoms with Crippen molar-refractivity contribution in [1.82, 2.24) is 10.6 Å². The molecule has 7 heteroatoms. The summed E-state index contributed by atoms with van der Waals surface area (Å²) in [6.45, 7) is 3.70. The van der Waals surface area contributed by atoms with Gasteiger partial charge >= 0.3 is 5.97 Å². The van der Waals surface area contributed by atoms with Gasteiger partial charge in [-0.25, -0.2) is 4.79 Å². The van der Waals surface area contributed by atoms with Gasteiger partial charge in [0.25, 0.3) is 0 Å². The summed E-state index contributed by atoms with van der Waals surface area (Å²) < 4.78 is 9.69. The van der Waals surface area contributed by atoms with Gasteiger partial charge in [-0.05, 0) is 38.8 Å². The SMILES string of the molecule is COCC(C)(NC(=O)CCC1CCNC1)C(=O)OC.Cl. The molecule has 0 aromatic carbocycles. The van der Waals surface area contributed by atoms with Crippen LogP contribution in [-0.2, 0) is 19.1 Å². The van der Waals surface area contributed by atoms with Gasteiger partial charge in [0.15, 0.2) is 5.54 Å². The number of carbonyl (C=O) groups is 2. The Morgan fingerprint density at radius 2 is 2.10 bits per heavy atom. The first-order valence-electron chi connectivity index (χ1n) is 6.61. The lowest BCUT2D eigenvalue weighted by Gasteiger charge is -2.27. The summed E-state index contributed by atoms with van der Waals surface area (Å²) in [6.07, 6.45) is 2.37. The minimum Gasteiger partial charge on any atom is -0.467 e. The van der Waals surface area contributed by atoms with Crippen LogP contribution in [0.25, 0.3) is 0 Å². The zero-order chi connectivity index (χ0) is 14.3. The molecule has 2 atom stereocenters. The van der Waals surface area contributed by atoms with Crippen LogP contribution >= 0.6 is 12.4 Å². The van der Waals surface area contributed by atoms with Gasteiger partial charge in [-0.15, -0.1) is 12.4 Å². The molecule has 1 saturated heterocycles. The van der Waals surface area contributed by atoms with Crippen molar-refractivity contribution >= 4 is 24.3 Å². The highest BCUT2D eigenvalue weighted by molar-refractivity contribution is 5.87. The second kappa shape index (κ2) is 9.15. The van der Waals surface area contributed by atoms with Gasteiger partial charge in [0.05, 0.1) is 13.7 Å². The summed E-state index contributed by atoms with van der Waals surface area (Å²) in [7, 11) is 2.78. The number of amides is 1. The number of nitrogens with one attached hydrogen (secondary N) is 2. The largest absolute Gasteiger partial charge is 0.467 e. The third-order valence-corrected chi connectivity index (χ3v) is 3.43. The van der Waals surface area contributed by atoms with E-state index in [1.54, 1.807) is 6.92 Å². The topological polar surface area (TPSA) is 76.7 Å². The van der Waals surface area contributed by atoms with Crippen LogP contribution in [-0.4, -0.2) is 51.3 Å². The van der Waals surface area contributed by atoms with Crippen molar-refractivity contribution in [2.75, 3.05) is 33.9 Å².